The number of likely N-dealkylation sites (tertiary alicyclic amines) is 1. The number of hydrogen-bond donors (Lipinski definition) is 2. The van der Waals surface area contributed by atoms with Crippen LogP contribution in [0.5, 0.6) is 0 Å². The van der Waals surface area contributed by atoms with Gasteiger partial charge in [0.25, 0.3) is 5.91 Å². The lowest BCUT2D eigenvalue weighted by Gasteiger charge is -2.32. The molecule has 0 saturated carbocycles. The van der Waals surface area contributed by atoms with Crippen molar-refractivity contribution in [2.45, 2.75) is 25.7 Å². The number of hydrogen-bond acceptors (Lipinski definition) is 3. The fourth-order valence-corrected chi connectivity index (χ4v) is 3.66. The Hall–Kier alpha value is -1.66. The summed E-state index contributed by atoms with van der Waals surface area (Å²) < 4.78 is 13.0. The van der Waals surface area contributed by atoms with Gasteiger partial charge in [0.15, 0.2) is 0 Å². The van der Waals surface area contributed by atoms with Crippen LogP contribution in [0.1, 0.15) is 36.0 Å². The zero-order valence-electron chi connectivity index (χ0n) is 14.9. The first-order valence-electron chi connectivity index (χ1n) is 9.17. The van der Waals surface area contributed by atoms with E-state index in [0.717, 1.165) is 32.4 Å². The monoisotopic (exact) mass is 383 g/mol. The maximum Gasteiger partial charge on any atom is 0.253 e. The molecule has 144 valence electrons. The number of rotatable bonds is 5. The van der Waals surface area contributed by atoms with Crippen LogP contribution < -0.4 is 10.6 Å². The molecule has 0 aromatic heterocycles. The smallest absolute Gasteiger partial charge is 0.253 e. The summed E-state index contributed by atoms with van der Waals surface area (Å²) in [6.07, 6.45) is 3.81. The highest BCUT2D eigenvalue weighted by Crippen LogP contribution is 2.19. The summed E-state index contributed by atoms with van der Waals surface area (Å²) in [6, 6.07) is 5.58. The molecule has 1 aromatic carbocycles. The summed E-state index contributed by atoms with van der Waals surface area (Å²) >= 11 is 0. The Labute approximate surface area is 160 Å². The van der Waals surface area contributed by atoms with Crippen molar-refractivity contribution >= 4 is 24.2 Å². The van der Waals surface area contributed by atoms with E-state index < -0.39 is 0 Å². The Balaban J connectivity index is 0.00000243. The van der Waals surface area contributed by atoms with Gasteiger partial charge in [0.2, 0.25) is 5.91 Å². The molecule has 26 heavy (non-hydrogen) atoms. The van der Waals surface area contributed by atoms with Crippen LogP contribution in [0.15, 0.2) is 24.3 Å². The topological polar surface area (TPSA) is 61.4 Å². The highest BCUT2D eigenvalue weighted by Gasteiger charge is 2.29. The first-order valence-corrected chi connectivity index (χ1v) is 9.17. The predicted octanol–water partition coefficient (Wildman–Crippen LogP) is 2.22. The average Bonchev–Trinajstić information content (AvgIpc) is 3.15. The summed E-state index contributed by atoms with van der Waals surface area (Å²) in [7, 11) is 0. The summed E-state index contributed by atoms with van der Waals surface area (Å²) in [4.78, 5) is 26.6. The van der Waals surface area contributed by atoms with Gasteiger partial charge in [-0.1, -0.05) is 0 Å². The van der Waals surface area contributed by atoms with E-state index in [4.69, 9.17) is 0 Å². The van der Waals surface area contributed by atoms with Gasteiger partial charge in [0.1, 0.15) is 5.82 Å². The number of piperidine rings is 1. The lowest BCUT2D eigenvalue weighted by atomic mass is 9.96. The number of nitrogens with one attached hydrogen (secondary N) is 2. The zero-order chi connectivity index (χ0) is 17.6. The Morgan fingerprint density at radius 1 is 1.23 bits per heavy atom. The minimum atomic E-state index is -0.357. The van der Waals surface area contributed by atoms with Crippen molar-refractivity contribution in [2.75, 3.05) is 32.7 Å². The van der Waals surface area contributed by atoms with Crippen molar-refractivity contribution in [1.82, 2.24) is 15.5 Å². The molecule has 2 saturated heterocycles. The van der Waals surface area contributed by atoms with Crippen molar-refractivity contribution < 1.29 is 14.0 Å². The third-order valence-corrected chi connectivity index (χ3v) is 5.18. The molecular weight excluding hydrogens is 357 g/mol. The SMILES string of the molecule is Cl.O=C(NCCC1CCNC1)C1CCCN(C(=O)c2ccc(F)cc2)C1. The molecule has 7 heteroatoms. The van der Waals surface area contributed by atoms with E-state index in [0.29, 0.717) is 31.1 Å². The van der Waals surface area contributed by atoms with E-state index in [-0.39, 0.29) is 36.0 Å². The Morgan fingerprint density at radius 2 is 2.00 bits per heavy atom. The van der Waals surface area contributed by atoms with Crippen LogP contribution in [0, 0.1) is 17.7 Å². The van der Waals surface area contributed by atoms with Crippen LogP contribution in [0.25, 0.3) is 0 Å². The summed E-state index contributed by atoms with van der Waals surface area (Å²) in [5, 5.41) is 6.36. The molecule has 2 atom stereocenters. The van der Waals surface area contributed by atoms with Gasteiger partial charge in [-0.3, -0.25) is 9.59 Å². The van der Waals surface area contributed by atoms with Gasteiger partial charge >= 0.3 is 0 Å². The first-order chi connectivity index (χ1) is 12.1. The summed E-state index contributed by atoms with van der Waals surface area (Å²) in [6.45, 7) is 3.90. The average molecular weight is 384 g/mol. The maximum absolute atomic E-state index is 13.0. The molecule has 2 unspecified atom stereocenters. The molecule has 2 N–H and O–H groups in total. The minimum Gasteiger partial charge on any atom is -0.356 e. The van der Waals surface area contributed by atoms with Crippen LogP contribution in [-0.2, 0) is 4.79 Å². The van der Waals surface area contributed by atoms with Crippen LogP contribution in [-0.4, -0.2) is 49.4 Å². The van der Waals surface area contributed by atoms with Gasteiger partial charge in [0.05, 0.1) is 5.92 Å². The molecule has 0 bridgehead atoms. The third-order valence-electron chi connectivity index (χ3n) is 5.18. The van der Waals surface area contributed by atoms with Crippen LogP contribution >= 0.6 is 12.4 Å². The molecule has 2 aliphatic heterocycles. The number of nitrogens with zero attached hydrogens (tertiary/aromatic N) is 1. The first kappa shape index (κ1) is 20.6. The van der Waals surface area contributed by atoms with Crippen molar-refractivity contribution in [2.24, 2.45) is 11.8 Å². The normalized spacial score (nSPS) is 22.6. The molecule has 2 amide bonds. The van der Waals surface area contributed by atoms with Crippen LogP contribution in [0.4, 0.5) is 4.39 Å². The van der Waals surface area contributed by atoms with E-state index >= 15 is 0 Å². The third kappa shape index (κ3) is 5.42. The molecule has 2 aliphatic rings. The van der Waals surface area contributed by atoms with E-state index in [9.17, 15) is 14.0 Å². The molecule has 5 nitrogen and oxygen atoms in total. The lowest BCUT2D eigenvalue weighted by Crippen LogP contribution is -2.45. The van der Waals surface area contributed by atoms with Gasteiger partial charge in [-0.15, -0.1) is 12.4 Å². The zero-order valence-corrected chi connectivity index (χ0v) is 15.7. The fourth-order valence-electron chi connectivity index (χ4n) is 3.66. The number of amides is 2. The van der Waals surface area contributed by atoms with E-state index in [1.165, 1.54) is 30.7 Å². The predicted molar refractivity (Wildman–Crippen MR) is 101 cm³/mol. The lowest BCUT2D eigenvalue weighted by molar-refractivity contribution is -0.126. The van der Waals surface area contributed by atoms with Gasteiger partial charge in [-0.2, -0.15) is 0 Å². The van der Waals surface area contributed by atoms with Crippen LogP contribution in [0.2, 0.25) is 0 Å². The standard InChI is InChI=1S/C19H26FN3O2.ClH/c20-17-5-3-15(4-6-17)19(25)23-11-1-2-16(13-23)18(24)22-10-8-14-7-9-21-12-14;/h3-6,14,16,21H,1-2,7-13H2,(H,22,24);1H. The molecule has 1 aromatic rings. The molecule has 0 aliphatic carbocycles. The van der Waals surface area contributed by atoms with Gasteiger partial charge in [-0.05, 0) is 69.0 Å². The van der Waals surface area contributed by atoms with E-state index in [1.807, 2.05) is 0 Å². The molecule has 0 spiro atoms. The second-order valence-electron chi connectivity index (χ2n) is 7.04. The fraction of sp³-hybridized carbons (Fsp3) is 0.579. The van der Waals surface area contributed by atoms with Crippen molar-refractivity contribution in [3.63, 3.8) is 0 Å². The van der Waals surface area contributed by atoms with Gasteiger partial charge in [-0.25, -0.2) is 4.39 Å². The van der Waals surface area contributed by atoms with Crippen molar-refractivity contribution in [1.29, 1.82) is 0 Å². The molecule has 3 rings (SSSR count). The van der Waals surface area contributed by atoms with Gasteiger partial charge < -0.3 is 15.5 Å². The van der Waals surface area contributed by atoms with Crippen molar-refractivity contribution in [3.05, 3.63) is 35.6 Å². The largest absolute Gasteiger partial charge is 0.356 e. The quantitative estimate of drug-likeness (QED) is 0.819. The number of benzene rings is 1. The molecule has 2 fully saturated rings. The maximum atomic E-state index is 13.0. The Kier molecular flexibility index (Phi) is 7.85. The van der Waals surface area contributed by atoms with Crippen molar-refractivity contribution in [3.8, 4) is 0 Å². The highest BCUT2D eigenvalue weighted by molar-refractivity contribution is 5.94. The number of carbonyl (C=O) groups is 2. The highest BCUT2D eigenvalue weighted by atomic mass is 35.5. The summed E-state index contributed by atoms with van der Waals surface area (Å²) in [5.74, 6) is 0.0602. The molecule has 0 radical (unpaired) electrons. The number of carbonyl (C=O) groups excluding carboxylic acids is 2. The Morgan fingerprint density at radius 3 is 2.69 bits per heavy atom. The second kappa shape index (κ2) is 9.88. The second-order valence-corrected chi connectivity index (χ2v) is 7.04. The number of halogens is 2. The molecule has 2 heterocycles. The minimum absolute atomic E-state index is 0. The Bertz CT molecular complexity index is 605. The molecular formula is C19H27ClFN3O2. The van der Waals surface area contributed by atoms with Gasteiger partial charge in [0, 0.05) is 25.2 Å². The summed E-state index contributed by atoms with van der Waals surface area (Å²) in [5.41, 5.74) is 0.469. The van der Waals surface area contributed by atoms with Crippen LogP contribution in [0.3, 0.4) is 0 Å². The van der Waals surface area contributed by atoms with E-state index in [2.05, 4.69) is 10.6 Å². The van der Waals surface area contributed by atoms with E-state index in [1.54, 1.807) is 4.90 Å².